The van der Waals surface area contributed by atoms with Gasteiger partial charge >= 0.3 is 0 Å². The summed E-state index contributed by atoms with van der Waals surface area (Å²) in [7, 11) is -0.142. The highest BCUT2D eigenvalue weighted by Gasteiger charge is 2.26. The lowest BCUT2D eigenvalue weighted by Crippen LogP contribution is -2.09. The zero-order valence-corrected chi connectivity index (χ0v) is 17.6. The van der Waals surface area contributed by atoms with E-state index in [1.54, 1.807) is 7.11 Å². The van der Waals surface area contributed by atoms with E-state index in [0.29, 0.717) is 28.9 Å². The number of nitrogens with two attached hydrogens (primary N) is 1. The van der Waals surface area contributed by atoms with Gasteiger partial charge in [-0.1, -0.05) is 16.4 Å². The molecule has 0 radical (unpaired) electrons. The van der Waals surface area contributed by atoms with Crippen LogP contribution in [0.3, 0.4) is 0 Å². The van der Waals surface area contributed by atoms with Gasteiger partial charge in [-0.15, -0.1) is 17.8 Å². The Kier molecular flexibility index (Phi) is 4.89. The summed E-state index contributed by atoms with van der Waals surface area (Å²) in [6.45, 7) is 1.88. The van der Waals surface area contributed by atoms with Crippen molar-refractivity contribution in [1.82, 2.24) is 20.2 Å². The Bertz CT molecular complexity index is 1060. The number of anilines is 2. The molecule has 3 aromatic rings. The third kappa shape index (κ3) is 3.64. The molecule has 0 aliphatic heterocycles. The van der Waals surface area contributed by atoms with Crippen molar-refractivity contribution in [2.75, 3.05) is 18.7 Å². The number of aromatic amines is 1. The van der Waals surface area contributed by atoms with Gasteiger partial charge in [-0.2, -0.15) is 5.10 Å². The predicted octanol–water partition coefficient (Wildman–Crippen LogP) is 4.07. The molecule has 146 valence electrons. The Hall–Kier alpha value is -2.38. The molecule has 1 aliphatic rings. The fourth-order valence-corrected chi connectivity index (χ4v) is 5.12. The normalized spacial score (nSPS) is 17.0. The first-order chi connectivity index (χ1) is 13.4. The maximum absolute atomic E-state index is 6.25. The van der Waals surface area contributed by atoms with Crippen molar-refractivity contribution in [2.45, 2.75) is 29.9 Å². The van der Waals surface area contributed by atoms with Crippen LogP contribution in [0.1, 0.15) is 35.7 Å². The molecule has 7 nitrogen and oxygen atoms in total. The lowest BCUT2D eigenvalue weighted by Gasteiger charge is -2.26. The van der Waals surface area contributed by atoms with Crippen LogP contribution in [0.4, 0.5) is 11.6 Å². The summed E-state index contributed by atoms with van der Waals surface area (Å²) >= 11 is 1.53. The number of hydrogen-bond acceptors (Lipinski definition) is 7. The molecule has 0 amide bonds. The average Bonchev–Trinajstić information content (AvgIpc) is 3.20. The van der Waals surface area contributed by atoms with Crippen LogP contribution in [0, 0.1) is 19.3 Å². The van der Waals surface area contributed by atoms with Gasteiger partial charge in [0.25, 0.3) is 0 Å². The fraction of sp³-hybridized carbons (Fsp3) is 0.316. The van der Waals surface area contributed by atoms with Crippen molar-refractivity contribution in [2.24, 2.45) is 5.14 Å². The number of thiophene rings is 1. The van der Waals surface area contributed by atoms with E-state index < -0.39 is 10.5 Å². The minimum Gasteiger partial charge on any atom is -0.322 e. The second-order valence-electron chi connectivity index (χ2n) is 6.80. The number of aryl methyl sites for hydroxylation is 1. The summed E-state index contributed by atoms with van der Waals surface area (Å²) < 4.78 is 6.42. The highest BCUT2D eigenvalue weighted by Crippen LogP contribution is 2.50. The highest BCUT2D eigenvalue weighted by atomic mass is 32.3. The average molecular weight is 415 g/mol. The lowest BCUT2D eigenvalue weighted by atomic mass is 10.2. The molecule has 3 aromatic heterocycles. The number of rotatable bonds is 6. The minimum absolute atomic E-state index is 0.573. The number of terminal acetylenes is 1. The standard InChI is InChI=1S/C19H22N6OS2/c1-5-13-11(2)21-19(15-8-9-17(27-15)28(4,20)26-3)23-18(13)22-16-10-14(24-25-16)12-6-7-12/h1,8-10,12H,6-7,20H2,2-4H3,(H2,21,22,23,24,25). The van der Waals surface area contributed by atoms with E-state index in [2.05, 4.69) is 31.4 Å². The molecule has 3 heterocycles. The van der Waals surface area contributed by atoms with Crippen LogP contribution in [0.15, 0.2) is 22.4 Å². The molecule has 1 aliphatic carbocycles. The van der Waals surface area contributed by atoms with Gasteiger partial charge in [0, 0.05) is 23.9 Å². The van der Waals surface area contributed by atoms with Crippen molar-refractivity contribution in [3.8, 4) is 23.0 Å². The van der Waals surface area contributed by atoms with Crippen LogP contribution >= 0.6 is 21.8 Å². The molecule has 28 heavy (non-hydrogen) atoms. The zero-order chi connectivity index (χ0) is 19.9. The zero-order valence-electron chi connectivity index (χ0n) is 15.9. The van der Waals surface area contributed by atoms with Crippen molar-refractivity contribution >= 4 is 33.5 Å². The summed E-state index contributed by atoms with van der Waals surface area (Å²) in [6, 6.07) is 5.94. The van der Waals surface area contributed by atoms with Crippen LogP contribution < -0.4 is 10.5 Å². The van der Waals surface area contributed by atoms with Gasteiger partial charge < -0.3 is 9.50 Å². The van der Waals surface area contributed by atoms with E-state index in [1.165, 1.54) is 24.2 Å². The second kappa shape index (κ2) is 7.22. The highest BCUT2D eigenvalue weighted by molar-refractivity contribution is 8.28. The van der Waals surface area contributed by atoms with E-state index in [1.807, 2.05) is 31.4 Å². The Balaban J connectivity index is 1.68. The number of aromatic nitrogens is 4. The summed E-state index contributed by atoms with van der Waals surface area (Å²) in [5, 5.41) is 16.9. The monoisotopic (exact) mass is 414 g/mol. The third-order valence-electron chi connectivity index (χ3n) is 4.64. The molecule has 1 atom stereocenters. The quantitative estimate of drug-likeness (QED) is 0.526. The van der Waals surface area contributed by atoms with Gasteiger partial charge in [0.2, 0.25) is 0 Å². The SMILES string of the molecule is C#Cc1c(C)nc(-c2ccc(S(C)(N)OC)s2)nc1Nc1cc(C2CC2)[nH]n1. The number of nitrogens with zero attached hydrogens (tertiary/aromatic N) is 3. The Morgan fingerprint density at radius 1 is 1.39 bits per heavy atom. The van der Waals surface area contributed by atoms with Crippen LogP contribution in [0.5, 0.6) is 0 Å². The molecule has 4 N–H and O–H groups in total. The van der Waals surface area contributed by atoms with E-state index in [-0.39, 0.29) is 0 Å². The van der Waals surface area contributed by atoms with Crippen molar-refractivity contribution in [3.05, 3.63) is 35.2 Å². The van der Waals surface area contributed by atoms with Gasteiger partial charge in [0.1, 0.15) is 0 Å². The number of hydrogen-bond donors (Lipinski definition) is 3. The summed E-state index contributed by atoms with van der Waals surface area (Å²) in [5.41, 5.74) is 2.50. The molecule has 4 rings (SSSR count). The van der Waals surface area contributed by atoms with Crippen LogP contribution in [-0.4, -0.2) is 33.5 Å². The van der Waals surface area contributed by atoms with Crippen LogP contribution in [-0.2, 0) is 4.18 Å². The Morgan fingerprint density at radius 2 is 2.18 bits per heavy atom. The van der Waals surface area contributed by atoms with E-state index in [4.69, 9.17) is 15.7 Å². The van der Waals surface area contributed by atoms with Gasteiger partial charge in [-0.25, -0.2) is 9.97 Å². The smallest absolute Gasteiger partial charge is 0.171 e. The molecule has 9 heteroatoms. The Morgan fingerprint density at radius 3 is 2.86 bits per heavy atom. The molecular formula is C19H22N6OS2. The first kappa shape index (κ1) is 19.0. The molecule has 0 saturated heterocycles. The summed E-state index contributed by atoms with van der Waals surface area (Å²) in [4.78, 5) is 10.2. The number of H-pyrrole nitrogens is 1. The van der Waals surface area contributed by atoms with E-state index in [0.717, 1.165) is 20.5 Å². The maximum atomic E-state index is 6.25. The van der Waals surface area contributed by atoms with Crippen LogP contribution in [0.25, 0.3) is 10.7 Å². The summed E-state index contributed by atoms with van der Waals surface area (Å²) in [6.07, 6.45) is 10.0. The molecule has 0 bridgehead atoms. The van der Waals surface area contributed by atoms with Gasteiger partial charge in [0.15, 0.2) is 17.5 Å². The minimum atomic E-state index is -1.77. The molecular weight excluding hydrogens is 392 g/mol. The van der Waals surface area contributed by atoms with Crippen molar-refractivity contribution in [3.63, 3.8) is 0 Å². The molecule has 0 spiro atoms. The first-order valence-electron chi connectivity index (χ1n) is 8.80. The molecule has 0 aromatic carbocycles. The fourth-order valence-electron chi connectivity index (χ4n) is 2.81. The largest absolute Gasteiger partial charge is 0.322 e. The second-order valence-corrected chi connectivity index (χ2v) is 10.7. The van der Waals surface area contributed by atoms with Crippen molar-refractivity contribution in [1.29, 1.82) is 0 Å². The molecule has 1 fully saturated rings. The van der Waals surface area contributed by atoms with Gasteiger partial charge in [0.05, 0.1) is 27.5 Å². The predicted molar refractivity (Wildman–Crippen MR) is 115 cm³/mol. The topological polar surface area (TPSA) is 102 Å². The summed E-state index contributed by atoms with van der Waals surface area (Å²) in [5.74, 6) is 5.15. The van der Waals surface area contributed by atoms with E-state index in [9.17, 15) is 0 Å². The van der Waals surface area contributed by atoms with E-state index >= 15 is 0 Å². The molecule has 1 saturated carbocycles. The Labute approximate surface area is 169 Å². The number of nitrogens with one attached hydrogen (secondary N) is 2. The maximum Gasteiger partial charge on any atom is 0.171 e. The lowest BCUT2D eigenvalue weighted by molar-refractivity contribution is 0.469. The third-order valence-corrected chi connectivity index (χ3v) is 8.39. The van der Waals surface area contributed by atoms with Gasteiger partial charge in [-0.3, -0.25) is 10.2 Å². The van der Waals surface area contributed by atoms with Crippen molar-refractivity contribution < 1.29 is 4.18 Å². The molecule has 1 unspecified atom stereocenters. The first-order valence-corrected chi connectivity index (χ1v) is 11.7. The van der Waals surface area contributed by atoms with Crippen LogP contribution in [0.2, 0.25) is 0 Å². The van der Waals surface area contributed by atoms with Gasteiger partial charge in [-0.05, 0) is 31.9 Å².